The highest BCUT2D eigenvalue weighted by atomic mass is 32.1. The van der Waals surface area contributed by atoms with Crippen molar-refractivity contribution in [3.63, 3.8) is 0 Å². The summed E-state index contributed by atoms with van der Waals surface area (Å²) in [5.74, 6) is 0.0808. The molecule has 0 bridgehead atoms. The second kappa shape index (κ2) is 4.72. The zero-order valence-corrected chi connectivity index (χ0v) is 8.23. The Labute approximate surface area is 78.8 Å². The average molecular weight is 188 g/mol. The van der Waals surface area contributed by atoms with Crippen LogP contribution in [0.4, 0.5) is 0 Å². The normalized spacial score (nSPS) is 29.8. The standard InChI is InChI=1S/C8H16N2OS/c1-6(11)9-7-2-4-8(10-12)5-3-7/h7-8,10,12H,2-5H2,1H3,(H,9,11). The third kappa shape index (κ3) is 3.03. The first-order valence-corrected chi connectivity index (χ1v) is 4.84. The van der Waals surface area contributed by atoms with E-state index in [1.165, 1.54) is 0 Å². The Morgan fingerprint density at radius 1 is 1.25 bits per heavy atom. The smallest absolute Gasteiger partial charge is 0.217 e. The third-order valence-corrected chi connectivity index (χ3v) is 2.68. The van der Waals surface area contributed by atoms with Gasteiger partial charge in [0, 0.05) is 19.0 Å². The summed E-state index contributed by atoms with van der Waals surface area (Å²) in [5.41, 5.74) is 0. The van der Waals surface area contributed by atoms with E-state index >= 15 is 0 Å². The van der Waals surface area contributed by atoms with Gasteiger partial charge >= 0.3 is 0 Å². The Hall–Kier alpha value is -0.220. The summed E-state index contributed by atoms with van der Waals surface area (Å²) in [6, 6.07) is 0.916. The fourth-order valence-electron chi connectivity index (χ4n) is 1.65. The lowest BCUT2D eigenvalue weighted by Gasteiger charge is -2.27. The van der Waals surface area contributed by atoms with Crippen LogP contribution in [0.15, 0.2) is 0 Å². The zero-order chi connectivity index (χ0) is 8.97. The molecule has 0 radical (unpaired) electrons. The van der Waals surface area contributed by atoms with Crippen LogP contribution < -0.4 is 10.0 Å². The minimum Gasteiger partial charge on any atom is -0.354 e. The highest BCUT2D eigenvalue weighted by Crippen LogP contribution is 2.18. The molecule has 3 nitrogen and oxygen atoms in total. The molecule has 0 aliphatic heterocycles. The molecule has 70 valence electrons. The molecular weight excluding hydrogens is 172 g/mol. The van der Waals surface area contributed by atoms with Crippen LogP contribution in [0, 0.1) is 0 Å². The number of thiol groups is 1. The highest BCUT2D eigenvalue weighted by Gasteiger charge is 2.20. The van der Waals surface area contributed by atoms with Crippen molar-refractivity contribution < 1.29 is 4.79 Å². The number of carbonyl (C=O) groups is 1. The molecule has 0 unspecified atom stereocenters. The van der Waals surface area contributed by atoms with Crippen molar-refractivity contribution in [2.45, 2.75) is 44.7 Å². The highest BCUT2D eigenvalue weighted by molar-refractivity contribution is 7.78. The van der Waals surface area contributed by atoms with Gasteiger partial charge in [-0.2, -0.15) is 0 Å². The summed E-state index contributed by atoms with van der Waals surface area (Å²) in [5, 5.41) is 2.93. The summed E-state index contributed by atoms with van der Waals surface area (Å²) in [4.78, 5) is 10.7. The Morgan fingerprint density at radius 2 is 1.75 bits per heavy atom. The van der Waals surface area contributed by atoms with E-state index in [1.54, 1.807) is 6.92 Å². The van der Waals surface area contributed by atoms with Gasteiger partial charge in [-0.05, 0) is 25.7 Å². The lowest BCUT2D eigenvalue weighted by atomic mass is 9.92. The predicted molar refractivity (Wildman–Crippen MR) is 52.0 cm³/mol. The van der Waals surface area contributed by atoms with Crippen molar-refractivity contribution in [3.8, 4) is 0 Å². The molecule has 1 saturated carbocycles. The van der Waals surface area contributed by atoms with Crippen LogP contribution in [0.1, 0.15) is 32.6 Å². The summed E-state index contributed by atoms with van der Waals surface area (Å²) in [6.45, 7) is 1.57. The van der Waals surface area contributed by atoms with Gasteiger partial charge in [-0.15, -0.1) is 0 Å². The number of carbonyl (C=O) groups excluding carboxylic acids is 1. The first-order valence-electron chi connectivity index (χ1n) is 4.39. The summed E-state index contributed by atoms with van der Waals surface area (Å²) < 4.78 is 2.96. The molecule has 0 aromatic rings. The molecule has 1 rings (SSSR count). The van der Waals surface area contributed by atoms with Gasteiger partial charge in [-0.25, -0.2) is 0 Å². The Kier molecular flexibility index (Phi) is 3.88. The van der Waals surface area contributed by atoms with Crippen molar-refractivity contribution in [3.05, 3.63) is 0 Å². The predicted octanol–water partition coefficient (Wildman–Crippen LogP) is 0.868. The Balaban J connectivity index is 2.21. The Bertz CT molecular complexity index is 155. The molecule has 0 heterocycles. The number of hydrogen-bond donors (Lipinski definition) is 3. The molecule has 1 aliphatic rings. The maximum atomic E-state index is 10.7. The molecule has 4 heteroatoms. The minimum atomic E-state index is 0.0808. The van der Waals surface area contributed by atoms with Gasteiger partial charge in [0.25, 0.3) is 0 Å². The molecule has 0 atom stereocenters. The number of amides is 1. The lowest BCUT2D eigenvalue weighted by molar-refractivity contribution is -0.119. The van der Waals surface area contributed by atoms with E-state index in [0.29, 0.717) is 12.1 Å². The minimum absolute atomic E-state index is 0.0808. The maximum Gasteiger partial charge on any atom is 0.217 e. The second-order valence-corrected chi connectivity index (χ2v) is 3.64. The zero-order valence-electron chi connectivity index (χ0n) is 7.34. The van der Waals surface area contributed by atoms with Crippen molar-refractivity contribution in [2.24, 2.45) is 0 Å². The summed E-state index contributed by atoms with van der Waals surface area (Å²) >= 11 is 4.03. The van der Waals surface area contributed by atoms with E-state index in [-0.39, 0.29) is 5.91 Å². The fourth-order valence-corrected chi connectivity index (χ4v) is 1.91. The number of nitrogens with one attached hydrogen (secondary N) is 2. The van der Waals surface area contributed by atoms with Crippen LogP contribution in [0.2, 0.25) is 0 Å². The molecule has 1 fully saturated rings. The molecule has 2 N–H and O–H groups in total. The van der Waals surface area contributed by atoms with Crippen LogP contribution in [0.3, 0.4) is 0 Å². The van der Waals surface area contributed by atoms with Gasteiger partial charge in [-0.1, -0.05) is 12.8 Å². The van der Waals surface area contributed by atoms with Gasteiger partial charge in [0.2, 0.25) is 5.91 Å². The van der Waals surface area contributed by atoms with Crippen LogP contribution in [0.5, 0.6) is 0 Å². The van der Waals surface area contributed by atoms with E-state index in [0.717, 1.165) is 25.7 Å². The summed E-state index contributed by atoms with van der Waals surface area (Å²) in [6.07, 6.45) is 4.35. The largest absolute Gasteiger partial charge is 0.354 e. The fraction of sp³-hybridized carbons (Fsp3) is 0.875. The first kappa shape index (κ1) is 9.86. The van der Waals surface area contributed by atoms with E-state index in [1.807, 2.05) is 0 Å². The molecule has 1 aliphatic carbocycles. The van der Waals surface area contributed by atoms with E-state index in [9.17, 15) is 4.79 Å². The quantitative estimate of drug-likeness (QED) is 0.563. The molecule has 12 heavy (non-hydrogen) atoms. The van der Waals surface area contributed by atoms with Crippen molar-refractivity contribution in [1.82, 2.24) is 10.0 Å². The molecule has 0 aromatic heterocycles. The second-order valence-electron chi connectivity index (χ2n) is 3.38. The number of hydrogen-bond acceptors (Lipinski definition) is 3. The molecule has 1 amide bonds. The van der Waals surface area contributed by atoms with Crippen LogP contribution >= 0.6 is 12.8 Å². The number of rotatable bonds is 2. The molecule has 0 aromatic carbocycles. The third-order valence-electron chi connectivity index (χ3n) is 2.32. The van der Waals surface area contributed by atoms with Crippen LogP contribution in [-0.4, -0.2) is 18.0 Å². The van der Waals surface area contributed by atoms with E-state index < -0.39 is 0 Å². The lowest BCUT2D eigenvalue weighted by Crippen LogP contribution is -2.39. The molecule has 0 saturated heterocycles. The van der Waals surface area contributed by atoms with Crippen molar-refractivity contribution >= 4 is 18.7 Å². The van der Waals surface area contributed by atoms with E-state index in [2.05, 4.69) is 22.9 Å². The van der Waals surface area contributed by atoms with Crippen molar-refractivity contribution in [2.75, 3.05) is 0 Å². The van der Waals surface area contributed by atoms with Crippen LogP contribution in [-0.2, 0) is 4.79 Å². The maximum absolute atomic E-state index is 10.7. The van der Waals surface area contributed by atoms with Gasteiger partial charge in [-0.3, -0.25) is 9.52 Å². The van der Waals surface area contributed by atoms with Gasteiger partial charge < -0.3 is 5.32 Å². The van der Waals surface area contributed by atoms with Gasteiger partial charge in [0.15, 0.2) is 0 Å². The average Bonchev–Trinajstić information content (AvgIpc) is 2.05. The SMILES string of the molecule is CC(=O)NC1CCC(NS)CC1. The first-order chi connectivity index (χ1) is 5.72. The van der Waals surface area contributed by atoms with Gasteiger partial charge in [0.05, 0.1) is 0 Å². The monoisotopic (exact) mass is 188 g/mol. The molecular formula is C8H16N2OS. The topological polar surface area (TPSA) is 41.1 Å². The Morgan fingerprint density at radius 3 is 2.17 bits per heavy atom. The van der Waals surface area contributed by atoms with E-state index in [4.69, 9.17) is 0 Å². The molecule has 0 spiro atoms. The van der Waals surface area contributed by atoms with Crippen molar-refractivity contribution in [1.29, 1.82) is 0 Å². The van der Waals surface area contributed by atoms with Gasteiger partial charge in [0.1, 0.15) is 0 Å². The van der Waals surface area contributed by atoms with Crippen LogP contribution in [0.25, 0.3) is 0 Å². The summed E-state index contributed by atoms with van der Waals surface area (Å²) in [7, 11) is 0.